The summed E-state index contributed by atoms with van der Waals surface area (Å²) in [4.78, 5) is 46.8. The lowest BCUT2D eigenvalue weighted by Gasteiger charge is -2.27. The van der Waals surface area contributed by atoms with Crippen LogP contribution in [-0.2, 0) is 16.1 Å². The van der Waals surface area contributed by atoms with E-state index in [2.05, 4.69) is 10.3 Å². The van der Waals surface area contributed by atoms with Gasteiger partial charge in [-0.2, -0.15) is 0 Å². The van der Waals surface area contributed by atoms with E-state index >= 15 is 0 Å². The Bertz CT molecular complexity index is 1640. The summed E-state index contributed by atoms with van der Waals surface area (Å²) in [5.41, 5.74) is 3.51. The molecule has 0 saturated carbocycles. The van der Waals surface area contributed by atoms with Crippen LogP contribution in [0, 0.1) is 12.3 Å². The van der Waals surface area contributed by atoms with Crippen LogP contribution in [0.5, 0.6) is 5.75 Å². The van der Waals surface area contributed by atoms with Crippen molar-refractivity contribution in [2.75, 3.05) is 36.5 Å². The number of nitrogens with zero attached hydrogens (tertiary/aromatic N) is 4. The summed E-state index contributed by atoms with van der Waals surface area (Å²) < 4.78 is 13.4. The molecule has 1 atom stereocenters. The van der Waals surface area contributed by atoms with E-state index in [9.17, 15) is 14.4 Å². The number of nitrogens with one attached hydrogen (secondary N) is 1. The Morgan fingerprint density at radius 1 is 1.12 bits per heavy atom. The van der Waals surface area contributed by atoms with E-state index in [-0.39, 0.29) is 23.4 Å². The van der Waals surface area contributed by atoms with E-state index in [4.69, 9.17) is 9.15 Å². The Balaban J connectivity index is 1.19. The summed E-state index contributed by atoms with van der Waals surface area (Å²) in [5.74, 6) is 0.896. The van der Waals surface area contributed by atoms with Crippen molar-refractivity contribution in [3.8, 4) is 5.75 Å². The van der Waals surface area contributed by atoms with Crippen LogP contribution in [0.1, 0.15) is 51.1 Å². The number of hydrogen-bond acceptors (Lipinski definition) is 8. The SMILES string of the molecule is CCN1C(=O)C(C)(C)C(=O)N(C)c2cc(OCCCNC(CCn3ccc4oc(C)cc4c3=O)c3cscn3)ccc21. The lowest BCUT2D eigenvalue weighted by molar-refractivity contribution is -0.137. The number of carbonyl (C=O) groups is 2. The maximum Gasteiger partial charge on any atom is 0.261 e. The molecule has 4 heterocycles. The van der Waals surface area contributed by atoms with Gasteiger partial charge in [0.25, 0.3) is 5.56 Å². The van der Waals surface area contributed by atoms with Gasteiger partial charge < -0.3 is 28.8 Å². The lowest BCUT2D eigenvalue weighted by Crippen LogP contribution is -2.47. The van der Waals surface area contributed by atoms with Gasteiger partial charge in [0, 0.05) is 37.8 Å². The van der Waals surface area contributed by atoms with Crippen molar-refractivity contribution in [2.45, 2.75) is 53.1 Å². The molecule has 5 rings (SSSR count). The zero-order valence-corrected chi connectivity index (χ0v) is 25.5. The van der Waals surface area contributed by atoms with Crippen LogP contribution in [0.25, 0.3) is 11.0 Å². The number of rotatable bonds is 11. The fourth-order valence-electron chi connectivity index (χ4n) is 5.41. The topological polar surface area (TPSA) is 110 Å². The summed E-state index contributed by atoms with van der Waals surface area (Å²) in [5, 5.41) is 6.19. The molecular weight excluding hydrogens is 554 g/mol. The average Bonchev–Trinajstić information content (AvgIpc) is 3.64. The number of benzene rings is 1. The predicted molar refractivity (Wildman–Crippen MR) is 164 cm³/mol. The molecule has 1 unspecified atom stereocenters. The largest absolute Gasteiger partial charge is 0.493 e. The van der Waals surface area contributed by atoms with E-state index in [0.717, 1.165) is 17.9 Å². The van der Waals surface area contributed by atoms with Crippen LogP contribution in [0.15, 0.2) is 56.6 Å². The summed E-state index contributed by atoms with van der Waals surface area (Å²) in [6.45, 7) is 9.24. The molecule has 1 N–H and O–H groups in total. The van der Waals surface area contributed by atoms with Crippen LogP contribution in [0.2, 0.25) is 0 Å². The van der Waals surface area contributed by atoms with Crippen LogP contribution in [0.4, 0.5) is 11.4 Å². The number of carbonyl (C=O) groups excluding carboxylic acids is 2. The third kappa shape index (κ3) is 5.71. The number of anilines is 2. The van der Waals surface area contributed by atoms with Crippen LogP contribution in [-0.4, -0.2) is 48.1 Å². The molecule has 10 nitrogen and oxygen atoms in total. The van der Waals surface area contributed by atoms with Gasteiger partial charge in [-0.15, -0.1) is 11.3 Å². The maximum absolute atomic E-state index is 13.1. The van der Waals surface area contributed by atoms with Gasteiger partial charge in [0.2, 0.25) is 11.8 Å². The molecule has 0 aliphatic carbocycles. The van der Waals surface area contributed by atoms with Crippen molar-refractivity contribution in [2.24, 2.45) is 5.41 Å². The molecule has 222 valence electrons. The molecule has 1 aliphatic heterocycles. The molecule has 0 bridgehead atoms. The van der Waals surface area contributed by atoms with Gasteiger partial charge in [-0.05, 0) is 71.3 Å². The molecule has 1 aliphatic rings. The highest BCUT2D eigenvalue weighted by atomic mass is 32.1. The molecule has 0 spiro atoms. The van der Waals surface area contributed by atoms with Crippen molar-refractivity contribution in [1.82, 2.24) is 14.9 Å². The Hall–Kier alpha value is -3.96. The number of fused-ring (bicyclic) bond motifs is 2. The second kappa shape index (κ2) is 12.1. The predicted octanol–water partition coefficient (Wildman–Crippen LogP) is 4.91. The van der Waals surface area contributed by atoms with Crippen LogP contribution < -0.4 is 25.4 Å². The zero-order valence-electron chi connectivity index (χ0n) is 24.7. The van der Waals surface area contributed by atoms with Gasteiger partial charge in [-0.1, -0.05) is 0 Å². The summed E-state index contributed by atoms with van der Waals surface area (Å²) in [7, 11) is 1.70. The molecule has 42 heavy (non-hydrogen) atoms. The highest BCUT2D eigenvalue weighted by molar-refractivity contribution is 7.07. The Kier molecular flexibility index (Phi) is 8.51. The molecule has 3 aromatic heterocycles. The second-order valence-electron chi connectivity index (χ2n) is 11.0. The second-order valence-corrected chi connectivity index (χ2v) is 11.8. The quantitative estimate of drug-likeness (QED) is 0.195. The third-order valence-corrected chi connectivity index (χ3v) is 8.37. The van der Waals surface area contributed by atoms with E-state index < -0.39 is 5.41 Å². The van der Waals surface area contributed by atoms with Gasteiger partial charge in [0.05, 0.1) is 40.6 Å². The lowest BCUT2D eigenvalue weighted by atomic mass is 9.90. The molecular formula is C31H37N5O5S. The minimum absolute atomic E-state index is 0.0157. The fraction of sp³-hybridized carbons (Fsp3) is 0.419. The first-order valence-corrected chi connectivity index (χ1v) is 15.1. The molecule has 0 radical (unpaired) electrons. The first kappa shape index (κ1) is 29.5. The Morgan fingerprint density at radius 3 is 2.67 bits per heavy atom. The Labute approximate surface area is 248 Å². The number of amides is 2. The van der Waals surface area contributed by atoms with Gasteiger partial charge >= 0.3 is 0 Å². The van der Waals surface area contributed by atoms with E-state index in [1.165, 1.54) is 0 Å². The van der Waals surface area contributed by atoms with Crippen LogP contribution >= 0.6 is 11.3 Å². The monoisotopic (exact) mass is 591 g/mol. The van der Waals surface area contributed by atoms with Crippen molar-refractivity contribution >= 4 is 45.5 Å². The van der Waals surface area contributed by atoms with Gasteiger partial charge in [0.1, 0.15) is 22.5 Å². The molecule has 0 saturated heterocycles. The first-order valence-electron chi connectivity index (χ1n) is 14.2. The highest BCUT2D eigenvalue weighted by Gasteiger charge is 2.45. The number of pyridine rings is 1. The van der Waals surface area contributed by atoms with Gasteiger partial charge in [-0.25, -0.2) is 4.98 Å². The highest BCUT2D eigenvalue weighted by Crippen LogP contribution is 2.40. The van der Waals surface area contributed by atoms with Gasteiger partial charge in [0.15, 0.2) is 0 Å². The number of aryl methyl sites for hydroxylation is 2. The fourth-order valence-corrected chi connectivity index (χ4v) is 6.01. The average molecular weight is 592 g/mol. The standard InChI is InChI=1S/C31H37N5O5S/c1-6-36-25-9-8-21(17-26(25)34(5)29(38)31(3,4)30(36)39)40-15-7-12-32-23(24-18-42-19-33-24)10-13-35-14-11-27-22(28(35)37)16-20(2)41-27/h8-9,11,14,16-19,23,32H,6-7,10,12-13,15H2,1-5H3. The molecule has 2 amide bonds. The number of hydrogen-bond donors (Lipinski definition) is 1. The minimum Gasteiger partial charge on any atom is -0.493 e. The van der Waals surface area contributed by atoms with Crippen molar-refractivity contribution in [3.63, 3.8) is 0 Å². The van der Waals surface area contributed by atoms with Crippen LogP contribution in [0.3, 0.4) is 0 Å². The minimum atomic E-state index is -1.15. The number of furan rings is 1. The summed E-state index contributed by atoms with van der Waals surface area (Å²) in [6.07, 6.45) is 3.21. The summed E-state index contributed by atoms with van der Waals surface area (Å²) in [6, 6.07) is 9.11. The first-order chi connectivity index (χ1) is 20.1. The zero-order chi connectivity index (χ0) is 30.0. The van der Waals surface area contributed by atoms with Crippen molar-refractivity contribution in [3.05, 3.63) is 69.2 Å². The van der Waals surface area contributed by atoms with Gasteiger partial charge in [-0.3, -0.25) is 14.4 Å². The maximum atomic E-state index is 13.1. The Morgan fingerprint density at radius 2 is 1.93 bits per heavy atom. The van der Waals surface area contributed by atoms with Crippen molar-refractivity contribution < 1.29 is 18.7 Å². The molecule has 4 aromatic rings. The third-order valence-electron chi connectivity index (χ3n) is 7.76. The van der Waals surface area contributed by atoms with E-state index in [1.807, 2.05) is 49.0 Å². The van der Waals surface area contributed by atoms with Crippen molar-refractivity contribution in [1.29, 1.82) is 0 Å². The molecule has 11 heteroatoms. The number of aromatic nitrogens is 2. The van der Waals surface area contributed by atoms with E-state index in [0.29, 0.717) is 60.8 Å². The molecule has 0 fully saturated rings. The normalized spacial score (nSPS) is 15.6. The molecule has 1 aromatic carbocycles. The van der Waals surface area contributed by atoms with E-state index in [1.54, 1.807) is 58.9 Å². The number of thiazole rings is 1. The smallest absolute Gasteiger partial charge is 0.261 e. The number of ether oxygens (including phenoxy) is 1. The summed E-state index contributed by atoms with van der Waals surface area (Å²) >= 11 is 1.54.